The Bertz CT molecular complexity index is 267. The minimum Gasteiger partial charge on any atom is -0.480 e. The Hall–Kier alpha value is -0.220. The van der Waals surface area contributed by atoms with E-state index in [9.17, 15) is 9.90 Å². The molecule has 1 unspecified atom stereocenters. The molecule has 18 heavy (non-hydrogen) atoms. The molecule has 0 aromatic heterocycles. The van der Waals surface area contributed by atoms with Crippen LogP contribution >= 0.6 is 11.8 Å². The Kier molecular flexibility index (Phi) is 6.50. The van der Waals surface area contributed by atoms with Crippen LogP contribution in [0.15, 0.2) is 0 Å². The molecule has 0 spiro atoms. The molecule has 1 saturated carbocycles. The van der Waals surface area contributed by atoms with Crippen LogP contribution in [0.4, 0.5) is 0 Å². The Balaban J connectivity index is 2.15. The van der Waals surface area contributed by atoms with Crippen molar-refractivity contribution in [2.45, 2.75) is 64.5 Å². The molecular formula is C14H27NO2S. The van der Waals surface area contributed by atoms with Gasteiger partial charge in [-0.1, -0.05) is 20.3 Å². The van der Waals surface area contributed by atoms with Crippen molar-refractivity contribution in [2.75, 3.05) is 11.5 Å². The molecule has 1 fully saturated rings. The van der Waals surface area contributed by atoms with Crippen LogP contribution in [0.25, 0.3) is 0 Å². The summed E-state index contributed by atoms with van der Waals surface area (Å²) in [6.45, 7) is 6.29. The molecule has 1 aliphatic carbocycles. The van der Waals surface area contributed by atoms with Gasteiger partial charge in [-0.15, -0.1) is 0 Å². The zero-order valence-electron chi connectivity index (χ0n) is 11.9. The summed E-state index contributed by atoms with van der Waals surface area (Å²) in [6.07, 6.45) is 5.11. The molecule has 3 nitrogen and oxygen atoms in total. The number of unbranched alkanes of at least 4 members (excludes halogenated alkanes) is 1. The number of rotatable bonds is 10. The fourth-order valence-electron chi connectivity index (χ4n) is 1.92. The molecule has 1 atom stereocenters. The third kappa shape index (κ3) is 6.10. The van der Waals surface area contributed by atoms with E-state index in [4.69, 9.17) is 0 Å². The normalized spacial score (nSPS) is 18.9. The summed E-state index contributed by atoms with van der Waals surface area (Å²) in [5, 5.41) is 12.6. The van der Waals surface area contributed by atoms with Gasteiger partial charge in [0.15, 0.2) is 0 Å². The third-order valence-corrected chi connectivity index (χ3v) is 4.72. The Labute approximate surface area is 115 Å². The smallest absolute Gasteiger partial charge is 0.323 e. The lowest BCUT2D eigenvalue weighted by atomic mass is 9.95. The van der Waals surface area contributed by atoms with Crippen LogP contribution in [0, 0.1) is 5.92 Å². The van der Waals surface area contributed by atoms with Gasteiger partial charge in [-0.05, 0) is 50.0 Å². The molecule has 4 heteroatoms. The van der Waals surface area contributed by atoms with E-state index >= 15 is 0 Å². The number of carboxylic acids is 1. The molecule has 106 valence electrons. The van der Waals surface area contributed by atoms with Crippen molar-refractivity contribution >= 4 is 17.7 Å². The van der Waals surface area contributed by atoms with Crippen LogP contribution in [0.1, 0.15) is 52.9 Å². The standard InChI is InChI=1S/C14H27NO2S/c1-11(2)10-18-9-5-4-8-14(3,13(16)17)15-12-6-7-12/h11-12,15H,4-10H2,1-3H3,(H,16,17). The van der Waals surface area contributed by atoms with Gasteiger partial charge in [0.2, 0.25) is 0 Å². The van der Waals surface area contributed by atoms with Gasteiger partial charge in [-0.2, -0.15) is 11.8 Å². The van der Waals surface area contributed by atoms with Gasteiger partial charge in [0.05, 0.1) is 0 Å². The fraction of sp³-hybridized carbons (Fsp3) is 0.929. The number of carbonyl (C=O) groups is 1. The lowest BCUT2D eigenvalue weighted by molar-refractivity contribution is -0.144. The highest BCUT2D eigenvalue weighted by Crippen LogP contribution is 2.25. The maximum Gasteiger partial charge on any atom is 0.323 e. The monoisotopic (exact) mass is 273 g/mol. The molecule has 1 rings (SSSR count). The second kappa shape index (κ2) is 7.39. The number of nitrogens with one attached hydrogen (secondary N) is 1. The van der Waals surface area contributed by atoms with E-state index in [0.717, 1.165) is 43.8 Å². The predicted molar refractivity (Wildman–Crippen MR) is 78.2 cm³/mol. The first kappa shape index (κ1) is 15.8. The van der Waals surface area contributed by atoms with Gasteiger partial charge in [-0.3, -0.25) is 10.1 Å². The van der Waals surface area contributed by atoms with Crippen LogP contribution < -0.4 is 5.32 Å². The molecule has 0 aromatic carbocycles. The second-order valence-corrected chi connectivity index (χ2v) is 7.13. The lowest BCUT2D eigenvalue weighted by Gasteiger charge is -2.26. The highest BCUT2D eigenvalue weighted by atomic mass is 32.2. The number of thioether (sulfide) groups is 1. The predicted octanol–water partition coefficient (Wildman–Crippen LogP) is 3.14. The van der Waals surface area contributed by atoms with Crippen molar-refractivity contribution in [1.82, 2.24) is 5.32 Å². The Morgan fingerprint density at radius 2 is 2.11 bits per heavy atom. The fourth-order valence-corrected chi connectivity index (χ4v) is 2.97. The van der Waals surface area contributed by atoms with Crippen molar-refractivity contribution in [1.29, 1.82) is 0 Å². The average Bonchev–Trinajstić information content (AvgIpc) is 3.06. The summed E-state index contributed by atoms with van der Waals surface area (Å²) in [5.41, 5.74) is -0.718. The molecule has 0 amide bonds. The third-order valence-electron chi connectivity index (χ3n) is 3.24. The zero-order chi connectivity index (χ0) is 13.6. The summed E-state index contributed by atoms with van der Waals surface area (Å²) in [4.78, 5) is 11.3. The van der Waals surface area contributed by atoms with Crippen molar-refractivity contribution < 1.29 is 9.90 Å². The van der Waals surface area contributed by atoms with Crippen LogP contribution in [0.3, 0.4) is 0 Å². The average molecular weight is 273 g/mol. The quantitative estimate of drug-likeness (QED) is 0.600. The molecule has 1 aliphatic rings. The topological polar surface area (TPSA) is 49.3 Å². The summed E-state index contributed by atoms with van der Waals surface area (Å²) in [5.74, 6) is 2.40. The Morgan fingerprint density at radius 3 is 2.61 bits per heavy atom. The molecular weight excluding hydrogens is 246 g/mol. The van der Waals surface area contributed by atoms with Crippen LogP contribution in [-0.4, -0.2) is 34.2 Å². The second-order valence-electron chi connectivity index (χ2n) is 5.98. The summed E-state index contributed by atoms with van der Waals surface area (Å²) in [6, 6.07) is 0.446. The van der Waals surface area contributed by atoms with Crippen LogP contribution in [-0.2, 0) is 4.79 Å². The van der Waals surface area contributed by atoms with Crippen molar-refractivity contribution in [3.8, 4) is 0 Å². The van der Waals surface area contributed by atoms with Gasteiger partial charge in [0.25, 0.3) is 0 Å². The first-order valence-corrected chi connectivity index (χ1v) is 8.18. The highest BCUT2D eigenvalue weighted by molar-refractivity contribution is 7.99. The zero-order valence-corrected chi connectivity index (χ0v) is 12.7. The summed E-state index contributed by atoms with van der Waals surface area (Å²) < 4.78 is 0. The van der Waals surface area contributed by atoms with Gasteiger partial charge in [0.1, 0.15) is 5.54 Å². The van der Waals surface area contributed by atoms with Gasteiger partial charge in [-0.25, -0.2) is 0 Å². The molecule has 0 aliphatic heterocycles. The van der Waals surface area contributed by atoms with Gasteiger partial charge >= 0.3 is 5.97 Å². The highest BCUT2D eigenvalue weighted by Gasteiger charge is 2.37. The number of carboxylic acid groups (broad SMARTS) is 1. The van der Waals surface area contributed by atoms with E-state index in [1.807, 2.05) is 18.7 Å². The number of hydrogen-bond donors (Lipinski definition) is 2. The summed E-state index contributed by atoms with van der Waals surface area (Å²) >= 11 is 1.98. The van der Waals surface area contributed by atoms with E-state index in [-0.39, 0.29) is 0 Å². The van der Waals surface area contributed by atoms with Crippen LogP contribution in [0.2, 0.25) is 0 Å². The van der Waals surface area contributed by atoms with Gasteiger partial charge < -0.3 is 5.11 Å². The number of aliphatic carboxylic acids is 1. The van der Waals surface area contributed by atoms with E-state index in [0.29, 0.717) is 6.04 Å². The van der Waals surface area contributed by atoms with E-state index in [1.165, 1.54) is 5.75 Å². The molecule has 0 saturated heterocycles. The molecule has 0 aromatic rings. The Morgan fingerprint density at radius 1 is 1.44 bits per heavy atom. The van der Waals surface area contributed by atoms with Crippen LogP contribution in [0.5, 0.6) is 0 Å². The van der Waals surface area contributed by atoms with E-state index in [2.05, 4.69) is 19.2 Å². The SMILES string of the molecule is CC(C)CSCCCCC(C)(NC1CC1)C(=O)O. The largest absolute Gasteiger partial charge is 0.480 e. The molecule has 0 radical (unpaired) electrons. The van der Waals surface area contributed by atoms with Crippen molar-refractivity contribution in [3.63, 3.8) is 0 Å². The maximum absolute atomic E-state index is 11.3. The van der Waals surface area contributed by atoms with E-state index < -0.39 is 11.5 Å². The van der Waals surface area contributed by atoms with Crippen molar-refractivity contribution in [2.24, 2.45) is 5.92 Å². The number of hydrogen-bond acceptors (Lipinski definition) is 3. The van der Waals surface area contributed by atoms with Gasteiger partial charge in [0, 0.05) is 6.04 Å². The first-order valence-electron chi connectivity index (χ1n) is 7.03. The minimum absolute atomic E-state index is 0.446. The molecule has 0 heterocycles. The molecule has 2 N–H and O–H groups in total. The lowest BCUT2D eigenvalue weighted by Crippen LogP contribution is -2.50. The van der Waals surface area contributed by atoms with Crippen molar-refractivity contribution in [3.05, 3.63) is 0 Å². The summed E-state index contributed by atoms with van der Waals surface area (Å²) in [7, 11) is 0. The molecule has 0 bridgehead atoms. The minimum atomic E-state index is -0.718. The first-order chi connectivity index (χ1) is 8.44. The van der Waals surface area contributed by atoms with E-state index in [1.54, 1.807) is 0 Å². The maximum atomic E-state index is 11.3.